The third-order valence-electron chi connectivity index (χ3n) is 4.68. The Morgan fingerprint density at radius 2 is 1.29 bits per heavy atom. The van der Waals surface area contributed by atoms with Crippen LogP contribution in [0.15, 0.2) is 54.6 Å². The van der Waals surface area contributed by atoms with Crippen LogP contribution in [0.1, 0.15) is 32.6 Å². The van der Waals surface area contributed by atoms with Gasteiger partial charge in [-0.3, -0.25) is 0 Å². The average molecular weight is 496 g/mol. The zero-order chi connectivity index (χ0) is 25.6. The summed E-state index contributed by atoms with van der Waals surface area (Å²) in [5, 5.41) is 0. The smallest absolute Gasteiger partial charge is 0 e. The summed E-state index contributed by atoms with van der Waals surface area (Å²) in [6.07, 6.45) is 0. The van der Waals surface area contributed by atoms with E-state index in [1.807, 2.05) is 76.2 Å². The molecule has 0 saturated heterocycles. The van der Waals surface area contributed by atoms with Crippen LogP contribution in [-0.2, 0) is 31.3 Å². The molecule has 3 aromatic carbocycles. The van der Waals surface area contributed by atoms with E-state index in [1.54, 1.807) is 13.2 Å². The molecule has 0 bridgehead atoms. The van der Waals surface area contributed by atoms with E-state index in [1.165, 1.54) is 0 Å². The van der Waals surface area contributed by atoms with E-state index in [0.29, 0.717) is 17.1 Å². The monoisotopic (exact) mass is 496 g/mol. The molecule has 3 aromatic rings. The number of hydrogen-bond acceptors (Lipinski definition) is 3. The fourth-order valence-corrected chi connectivity index (χ4v) is 3.48. The second-order valence-corrected chi connectivity index (χ2v) is 6.82. The third-order valence-corrected chi connectivity index (χ3v) is 4.68. The molecule has 34 heavy (non-hydrogen) atoms. The van der Waals surface area contributed by atoms with Gasteiger partial charge in [0.15, 0.2) is 0 Å². The summed E-state index contributed by atoms with van der Waals surface area (Å²) >= 11 is 0. The van der Waals surface area contributed by atoms with E-state index < -0.39 is 0 Å². The Morgan fingerprint density at radius 1 is 0.765 bits per heavy atom. The maximum absolute atomic E-state index is 13.1. The fourth-order valence-electron chi connectivity index (χ4n) is 3.48. The van der Waals surface area contributed by atoms with Crippen molar-refractivity contribution < 1.29 is 45.6 Å². The summed E-state index contributed by atoms with van der Waals surface area (Å²) in [5.41, 5.74) is 6.31. The Kier molecular flexibility index (Phi) is 16.6. The van der Waals surface area contributed by atoms with Crippen LogP contribution < -0.4 is 9.47 Å². The molecule has 6 nitrogen and oxygen atoms in total. The quantitative estimate of drug-likeness (QED) is 0.201. The van der Waals surface area contributed by atoms with Gasteiger partial charge >= 0.3 is 39.9 Å². The van der Waals surface area contributed by atoms with Crippen LogP contribution in [-0.4, -0.2) is 13.1 Å². The molecule has 0 unspecified atom stereocenters. The van der Waals surface area contributed by atoms with Gasteiger partial charge in [-0.25, -0.2) is 4.79 Å². The van der Waals surface area contributed by atoms with Crippen LogP contribution in [0.5, 0.6) is 11.5 Å². The Labute approximate surface area is 211 Å². The molecule has 174 valence electrons. The predicted molar refractivity (Wildman–Crippen MR) is 121 cm³/mol. The van der Waals surface area contributed by atoms with E-state index in [4.69, 9.17) is 23.4 Å². The molecule has 0 atom stereocenters. The first-order chi connectivity index (χ1) is 15.9. The summed E-state index contributed by atoms with van der Waals surface area (Å²) in [7, 11) is 1.61. The molecule has 0 saturated carbocycles. The van der Waals surface area contributed by atoms with Crippen molar-refractivity contribution in [1.29, 1.82) is 0 Å². The van der Waals surface area contributed by atoms with Crippen LogP contribution in [0.25, 0.3) is 11.1 Å². The van der Waals surface area contributed by atoms with Gasteiger partial charge in [0.2, 0.25) is 0 Å². The largest absolute Gasteiger partial charge is 0 e. The number of ether oxygens (including phenoxy) is 2. The van der Waals surface area contributed by atoms with Gasteiger partial charge in [0.25, 0.3) is 0 Å². The minimum absolute atomic E-state index is 0. The van der Waals surface area contributed by atoms with Crippen molar-refractivity contribution in [3.63, 3.8) is 0 Å². The molecule has 0 spiro atoms. The van der Waals surface area contributed by atoms with Gasteiger partial charge in [-0.2, -0.15) is 0 Å². The van der Waals surface area contributed by atoms with Gasteiger partial charge in [0.1, 0.15) is 11.5 Å². The van der Waals surface area contributed by atoms with E-state index >= 15 is 0 Å². The maximum Gasteiger partial charge on any atom is 0 e. The summed E-state index contributed by atoms with van der Waals surface area (Å²) in [5.74, 6) is 0.877. The van der Waals surface area contributed by atoms with Crippen LogP contribution >= 0.6 is 0 Å². The Balaban J connectivity index is 0. The molecule has 0 aromatic heterocycles. The zero-order valence-electron chi connectivity index (χ0n) is 19.6. The SMILES string of the molecule is COc1cccc(C(=O)Oc2c(C)cc(C)cc2C)c1-c1ccccc1C.[C-]#[O+].[C-]#[O+].[C-]#[O+].[Cr]. The molecule has 0 aliphatic carbocycles. The van der Waals surface area contributed by atoms with Crippen molar-refractivity contribution >= 4 is 5.97 Å². The van der Waals surface area contributed by atoms with Gasteiger partial charge in [-0.1, -0.05) is 48.0 Å². The number of carbonyl (C=O) groups excluding carboxylic acids is 1. The molecule has 0 amide bonds. The minimum atomic E-state index is -0.387. The molecule has 0 radical (unpaired) electrons. The van der Waals surface area contributed by atoms with Crippen molar-refractivity contribution in [2.24, 2.45) is 0 Å². The van der Waals surface area contributed by atoms with E-state index in [0.717, 1.165) is 33.4 Å². The topological polar surface area (TPSA) is 95.2 Å². The molecule has 0 aliphatic rings. The fraction of sp³-hybridized carbons (Fsp3) is 0.185. The van der Waals surface area contributed by atoms with Crippen LogP contribution in [0.2, 0.25) is 0 Å². The number of rotatable bonds is 4. The summed E-state index contributed by atoms with van der Waals surface area (Å²) in [4.78, 5) is 13.1. The second kappa shape index (κ2) is 17.2. The summed E-state index contributed by atoms with van der Waals surface area (Å²) < 4.78 is 33.9. The van der Waals surface area contributed by atoms with Crippen molar-refractivity contribution in [2.75, 3.05) is 7.11 Å². The number of carbonyl (C=O) groups is 1. The van der Waals surface area contributed by atoms with Crippen LogP contribution in [0, 0.1) is 47.6 Å². The van der Waals surface area contributed by atoms with Gasteiger partial charge in [0.05, 0.1) is 12.7 Å². The predicted octanol–water partition coefficient (Wildman–Crippen LogP) is 5.70. The number of methoxy groups -OCH3 is 1. The molecule has 0 fully saturated rings. The third kappa shape index (κ3) is 8.23. The maximum atomic E-state index is 13.1. The average Bonchev–Trinajstić information content (AvgIpc) is 2.85. The first kappa shape index (κ1) is 32.9. The van der Waals surface area contributed by atoms with Crippen molar-refractivity contribution in [3.05, 3.63) is 102 Å². The zero-order valence-corrected chi connectivity index (χ0v) is 20.8. The standard InChI is InChI=1S/C24H24O3.3CO.Cr/c1-15-13-17(3)23(18(4)14-15)27-24(25)20-11-8-12-21(26-5)22(20)19-10-7-6-9-16(19)2;3*1-2;/h6-14H,1-5H3;;;;. The molecule has 0 N–H and O–H groups in total. The van der Waals surface area contributed by atoms with E-state index in [2.05, 4.69) is 20.0 Å². The van der Waals surface area contributed by atoms with Crippen LogP contribution in [0.4, 0.5) is 0 Å². The van der Waals surface area contributed by atoms with Gasteiger partial charge in [-0.15, -0.1) is 0 Å². The molecule has 3 rings (SSSR count). The van der Waals surface area contributed by atoms with Crippen LogP contribution in [0.3, 0.4) is 0 Å². The number of aryl methyl sites for hydroxylation is 4. The second-order valence-electron chi connectivity index (χ2n) is 6.82. The van der Waals surface area contributed by atoms with Gasteiger partial charge < -0.3 is 9.47 Å². The van der Waals surface area contributed by atoms with Crippen molar-refractivity contribution in [1.82, 2.24) is 0 Å². The minimum Gasteiger partial charge on any atom is 0 e. The molecular formula is C27H24CrO6. The Bertz CT molecular complexity index is 1110. The Morgan fingerprint density at radius 3 is 1.79 bits per heavy atom. The van der Waals surface area contributed by atoms with Crippen molar-refractivity contribution in [3.8, 4) is 22.6 Å². The molecule has 0 aliphatic heterocycles. The molecule has 0 heterocycles. The number of hydrogen-bond donors (Lipinski definition) is 0. The Hall–Kier alpha value is -3.32. The first-order valence-corrected chi connectivity index (χ1v) is 9.56. The van der Waals surface area contributed by atoms with E-state index in [-0.39, 0.29) is 23.3 Å². The normalized spacial score (nSPS) is 8.56. The first-order valence-electron chi connectivity index (χ1n) is 9.56. The number of benzene rings is 3. The molecular weight excluding hydrogens is 472 g/mol. The number of esters is 1. The summed E-state index contributed by atoms with van der Waals surface area (Å²) in [6.45, 7) is 21.5. The molecule has 7 heteroatoms. The summed E-state index contributed by atoms with van der Waals surface area (Å²) in [6, 6.07) is 17.4. The van der Waals surface area contributed by atoms with Gasteiger partial charge in [-0.05, 0) is 62.1 Å². The van der Waals surface area contributed by atoms with Gasteiger partial charge in [0, 0.05) is 22.9 Å². The van der Waals surface area contributed by atoms with E-state index in [9.17, 15) is 4.79 Å². The van der Waals surface area contributed by atoms with Crippen molar-refractivity contribution in [2.45, 2.75) is 27.7 Å².